The average Bonchev–Trinajstić information content (AvgIpc) is 2.19. The maximum absolute atomic E-state index is 11.9. The molecule has 0 aliphatic carbocycles. The maximum Gasteiger partial charge on any atom is 0.241 e. The number of allylic oxidation sites excluding steroid dienone is 2. The van der Waals surface area contributed by atoms with Crippen LogP contribution in [0.25, 0.3) is 0 Å². The lowest BCUT2D eigenvalue weighted by molar-refractivity contribution is -0.130. The topological polar surface area (TPSA) is 23.6 Å². The molecule has 0 radical (unpaired) electrons. The SMILES string of the molecule is CN(CCF)C(=O)CN1C=CC=CC1. The fraction of sp³-hybridized carbons (Fsp3) is 0.500. The number of rotatable bonds is 4. The van der Waals surface area contributed by atoms with E-state index in [0.717, 1.165) is 6.54 Å². The summed E-state index contributed by atoms with van der Waals surface area (Å²) < 4.78 is 11.9. The van der Waals surface area contributed by atoms with Gasteiger partial charge in [0, 0.05) is 20.1 Å². The zero-order valence-electron chi connectivity index (χ0n) is 8.32. The highest BCUT2D eigenvalue weighted by Gasteiger charge is 2.11. The van der Waals surface area contributed by atoms with Gasteiger partial charge in [-0.2, -0.15) is 0 Å². The quantitative estimate of drug-likeness (QED) is 0.667. The minimum absolute atomic E-state index is 0.0531. The van der Waals surface area contributed by atoms with Crippen LogP contribution in [-0.4, -0.2) is 49.1 Å². The van der Waals surface area contributed by atoms with Crippen molar-refractivity contribution in [3.63, 3.8) is 0 Å². The zero-order chi connectivity index (χ0) is 10.4. The molecule has 0 bridgehead atoms. The summed E-state index contributed by atoms with van der Waals surface area (Å²) >= 11 is 0. The van der Waals surface area contributed by atoms with Crippen molar-refractivity contribution in [2.75, 3.05) is 33.4 Å². The van der Waals surface area contributed by atoms with Crippen molar-refractivity contribution < 1.29 is 9.18 Å². The van der Waals surface area contributed by atoms with Gasteiger partial charge in [0.15, 0.2) is 0 Å². The molecule has 0 aromatic heterocycles. The molecule has 0 spiro atoms. The smallest absolute Gasteiger partial charge is 0.241 e. The van der Waals surface area contributed by atoms with Crippen LogP contribution in [0.5, 0.6) is 0 Å². The third kappa shape index (κ3) is 3.20. The minimum atomic E-state index is -0.488. The molecule has 0 fully saturated rings. The van der Waals surface area contributed by atoms with Gasteiger partial charge in [0.05, 0.1) is 6.54 Å². The molecule has 3 nitrogen and oxygen atoms in total. The Labute approximate surface area is 83.5 Å². The summed E-state index contributed by atoms with van der Waals surface area (Å²) in [6.45, 7) is 0.743. The predicted molar refractivity (Wildman–Crippen MR) is 53.5 cm³/mol. The number of hydrogen-bond donors (Lipinski definition) is 0. The van der Waals surface area contributed by atoms with Gasteiger partial charge in [0.1, 0.15) is 6.67 Å². The van der Waals surface area contributed by atoms with Crippen molar-refractivity contribution >= 4 is 5.91 Å². The molecular weight excluding hydrogens is 183 g/mol. The molecule has 0 atom stereocenters. The lowest BCUT2D eigenvalue weighted by Crippen LogP contribution is -2.37. The highest BCUT2D eigenvalue weighted by Crippen LogP contribution is 1.99. The Morgan fingerprint density at radius 3 is 2.93 bits per heavy atom. The lowest BCUT2D eigenvalue weighted by Gasteiger charge is -2.23. The molecule has 1 aliphatic heterocycles. The van der Waals surface area contributed by atoms with Crippen molar-refractivity contribution in [3.05, 3.63) is 24.4 Å². The van der Waals surface area contributed by atoms with Gasteiger partial charge in [-0.05, 0) is 12.3 Å². The molecule has 1 heterocycles. The molecule has 0 saturated carbocycles. The Hall–Kier alpha value is -1.32. The summed E-state index contributed by atoms with van der Waals surface area (Å²) in [6, 6.07) is 0. The molecule has 4 heteroatoms. The molecule has 0 aromatic rings. The van der Waals surface area contributed by atoms with Gasteiger partial charge in [-0.1, -0.05) is 12.2 Å². The summed E-state index contributed by atoms with van der Waals surface area (Å²) in [4.78, 5) is 14.8. The van der Waals surface area contributed by atoms with Crippen LogP contribution < -0.4 is 0 Å². The normalized spacial score (nSPS) is 14.6. The van der Waals surface area contributed by atoms with E-state index in [1.807, 2.05) is 29.3 Å². The van der Waals surface area contributed by atoms with Crippen molar-refractivity contribution in [1.82, 2.24) is 9.80 Å². The van der Waals surface area contributed by atoms with Crippen LogP contribution >= 0.6 is 0 Å². The summed E-state index contributed by atoms with van der Waals surface area (Å²) in [7, 11) is 1.62. The van der Waals surface area contributed by atoms with Gasteiger partial charge >= 0.3 is 0 Å². The second-order valence-electron chi connectivity index (χ2n) is 3.20. The Morgan fingerprint density at radius 1 is 1.57 bits per heavy atom. The second-order valence-corrected chi connectivity index (χ2v) is 3.20. The fourth-order valence-electron chi connectivity index (χ4n) is 1.17. The molecule has 1 amide bonds. The monoisotopic (exact) mass is 198 g/mol. The molecule has 0 aromatic carbocycles. The van der Waals surface area contributed by atoms with E-state index in [9.17, 15) is 9.18 Å². The highest BCUT2D eigenvalue weighted by atomic mass is 19.1. The van der Waals surface area contributed by atoms with E-state index in [1.54, 1.807) is 7.05 Å². The van der Waals surface area contributed by atoms with Gasteiger partial charge in [-0.25, -0.2) is 4.39 Å². The first-order valence-electron chi connectivity index (χ1n) is 4.61. The van der Waals surface area contributed by atoms with Crippen LogP contribution in [0.15, 0.2) is 24.4 Å². The molecule has 78 valence electrons. The van der Waals surface area contributed by atoms with E-state index < -0.39 is 6.67 Å². The Kier molecular flexibility index (Phi) is 4.16. The number of amides is 1. The molecular formula is C10H15FN2O. The van der Waals surface area contributed by atoms with Crippen LogP contribution in [0, 0.1) is 0 Å². The first-order valence-corrected chi connectivity index (χ1v) is 4.61. The molecule has 0 unspecified atom stereocenters. The van der Waals surface area contributed by atoms with Gasteiger partial charge in [0.25, 0.3) is 0 Å². The fourth-order valence-corrected chi connectivity index (χ4v) is 1.17. The van der Waals surface area contributed by atoms with Gasteiger partial charge in [-0.15, -0.1) is 0 Å². The van der Waals surface area contributed by atoms with Gasteiger partial charge < -0.3 is 9.80 Å². The first-order chi connectivity index (χ1) is 6.74. The average molecular weight is 198 g/mol. The van der Waals surface area contributed by atoms with Crippen LogP contribution in [-0.2, 0) is 4.79 Å². The number of likely N-dealkylation sites (N-methyl/N-ethyl adjacent to an activating group) is 1. The van der Waals surface area contributed by atoms with Crippen molar-refractivity contribution in [2.24, 2.45) is 0 Å². The predicted octanol–water partition coefficient (Wildman–Crippen LogP) is 0.800. The summed E-state index contributed by atoms with van der Waals surface area (Å²) in [5.41, 5.74) is 0. The van der Waals surface area contributed by atoms with Gasteiger partial charge in [0.2, 0.25) is 5.91 Å². The van der Waals surface area contributed by atoms with E-state index in [4.69, 9.17) is 0 Å². The van der Waals surface area contributed by atoms with Crippen molar-refractivity contribution in [2.45, 2.75) is 0 Å². The number of carbonyl (C=O) groups is 1. The Morgan fingerprint density at radius 2 is 2.36 bits per heavy atom. The number of carbonyl (C=O) groups excluding carboxylic acids is 1. The second kappa shape index (κ2) is 5.42. The van der Waals surface area contributed by atoms with Crippen molar-refractivity contribution in [1.29, 1.82) is 0 Å². The van der Waals surface area contributed by atoms with E-state index >= 15 is 0 Å². The van der Waals surface area contributed by atoms with Crippen LogP contribution in [0.1, 0.15) is 0 Å². The largest absolute Gasteiger partial charge is 0.364 e. The number of hydrogen-bond acceptors (Lipinski definition) is 2. The van der Waals surface area contributed by atoms with Crippen molar-refractivity contribution in [3.8, 4) is 0 Å². The number of alkyl halides is 1. The minimum Gasteiger partial charge on any atom is -0.364 e. The Balaban J connectivity index is 2.33. The van der Waals surface area contributed by atoms with Crippen LogP contribution in [0.3, 0.4) is 0 Å². The Bertz CT molecular complexity index is 251. The third-order valence-corrected chi connectivity index (χ3v) is 2.07. The summed E-state index contributed by atoms with van der Waals surface area (Å²) in [5, 5.41) is 0. The first kappa shape index (κ1) is 10.8. The third-order valence-electron chi connectivity index (χ3n) is 2.07. The molecule has 1 aliphatic rings. The molecule has 0 saturated heterocycles. The standard InChI is InChI=1S/C10H15FN2O/c1-12(8-5-11)10(14)9-13-6-3-2-4-7-13/h2-4,6H,5,7-9H2,1H3. The zero-order valence-corrected chi connectivity index (χ0v) is 8.32. The van der Waals surface area contributed by atoms with E-state index in [-0.39, 0.29) is 12.5 Å². The highest BCUT2D eigenvalue weighted by molar-refractivity contribution is 5.78. The molecule has 0 N–H and O–H groups in total. The summed E-state index contributed by atoms with van der Waals surface area (Å²) in [6.07, 6.45) is 7.65. The van der Waals surface area contributed by atoms with Gasteiger partial charge in [-0.3, -0.25) is 4.79 Å². The number of halogens is 1. The maximum atomic E-state index is 11.9. The lowest BCUT2D eigenvalue weighted by atomic mass is 10.3. The number of nitrogens with zero attached hydrogens (tertiary/aromatic N) is 2. The van der Waals surface area contributed by atoms with E-state index in [1.165, 1.54) is 4.90 Å². The van der Waals surface area contributed by atoms with E-state index in [0.29, 0.717) is 6.54 Å². The molecule has 14 heavy (non-hydrogen) atoms. The van der Waals surface area contributed by atoms with Crippen LogP contribution in [0.4, 0.5) is 4.39 Å². The van der Waals surface area contributed by atoms with Crippen LogP contribution in [0.2, 0.25) is 0 Å². The summed E-state index contributed by atoms with van der Waals surface area (Å²) in [5.74, 6) is -0.0531. The molecule has 1 rings (SSSR count). The van der Waals surface area contributed by atoms with E-state index in [2.05, 4.69) is 0 Å².